The minimum atomic E-state index is -4.51. The molecular weight excluding hydrogens is 269 g/mol. The summed E-state index contributed by atoms with van der Waals surface area (Å²) in [6, 6.07) is 4.80. The molecule has 1 heterocycles. The van der Waals surface area contributed by atoms with Crippen molar-refractivity contribution in [3.8, 4) is 11.6 Å². The van der Waals surface area contributed by atoms with Gasteiger partial charge in [0.1, 0.15) is 5.75 Å². The summed E-state index contributed by atoms with van der Waals surface area (Å²) in [5.74, 6) is -0.539. The molecule has 0 saturated carbocycles. The van der Waals surface area contributed by atoms with E-state index in [1.807, 2.05) is 0 Å². The summed E-state index contributed by atoms with van der Waals surface area (Å²) in [5.41, 5.74) is -0.897. The Morgan fingerprint density at radius 1 is 1.06 bits per heavy atom. The third-order valence-electron chi connectivity index (χ3n) is 2.02. The first-order valence-corrected chi connectivity index (χ1v) is 5.17. The van der Waals surface area contributed by atoms with Gasteiger partial charge in [0.15, 0.2) is 5.15 Å². The number of aromatic nitrogens is 2. The van der Waals surface area contributed by atoms with Gasteiger partial charge in [0, 0.05) is 12.4 Å². The largest absolute Gasteiger partial charge is 0.436 e. The minimum absolute atomic E-state index is 0.102. The highest BCUT2D eigenvalue weighted by Crippen LogP contribution is 2.38. The van der Waals surface area contributed by atoms with Crippen molar-refractivity contribution in [2.45, 2.75) is 6.18 Å². The quantitative estimate of drug-likeness (QED) is 0.832. The highest BCUT2D eigenvalue weighted by atomic mass is 35.5. The van der Waals surface area contributed by atoms with Crippen LogP contribution in [0.15, 0.2) is 36.7 Å². The van der Waals surface area contributed by atoms with E-state index in [-0.39, 0.29) is 16.8 Å². The summed E-state index contributed by atoms with van der Waals surface area (Å²) in [6.45, 7) is 0. The van der Waals surface area contributed by atoms with E-state index in [1.54, 1.807) is 0 Å². The SMILES string of the molecule is FC(F)(F)c1ccccc1Oc1nccnc1Cl. The molecule has 0 fully saturated rings. The molecule has 0 N–H and O–H groups in total. The number of alkyl halides is 3. The minimum Gasteiger partial charge on any atom is -0.436 e. The maximum atomic E-state index is 12.7. The van der Waals surface area contributed by atoms with E-state index < -0.39 is 11.7 Å². The van der Waals surface area contributed by atoms with Crippen LogP contribution in [0.5, 0.6) is 11.6 Å². The zero-order valence-electron chi connectivity index (χ0n) is 8.78. The Balaban J connectivity index is 2.39. The van der Waals surface area contributed by atoms with Gasteiger partial charge in [-0.25, -0.2) is 9.97 Å². The van der Waals surface area contributed by atoms with Crippen molar-refractivity contribution in [1.29, 1.82) is 0 Å². The van der Waals surface area contributed by atoms with Crippen molar-refractivity contribution < 1.29 is 17.9 Å². The van der Waals surface area contributed by atoms with Crippen molar-refractivity contribution in [1.82, 2.24) is 9.97 Å². The maximum absolute atomic E-state index is 12.7. The highest BCUT2D eigenvalue weighted by Gasteiger charge is 2.34. The van der Waals surface area contributed by atoms with Gasteiger partial charge < -0.3 is 4.74 Å². The smallest absolute Gasteiger partial charge is 0.419 e. The van der Waals surface area contributed by atoms with Gasteiger partial charge in [-0.05, 0) is 12.1 Å². The zero-order chi connectivity index (χ0) is 13.2. The lowest BCUT2D eigenvalue weighted by atomic mass is 10.2. The van der Waals surface area contributed by atoms with E-state index in [4.69, 9.17) is 16.3 Å². The summed E-state index contributed by atoms with van der Waals surface area (Å²) >= 11 is 5.66. The summed E-state index contributed by atoms with van der Waals surface area (Å²) in [4.78, 5) is 7.38. The van der Waals surface area contributed by atoms with Gasteiger partial charge >= 0.3 is 6.18 Å². The van der Waals surface area contributed by atoms with Crippen LogP contribution in [0.25, 0.3) is 0 Å². The van der Waals surface area contributed by atoms with Gasteiger partial charge in [-0.3, -0.25) is 0 Å². The number of hydrogen-bond donors (Lipinski definition) is 0. The average molecular weight is 275 g/mol. The van der Waals surface area contributed by atoms with Crippen LogP contribution in [-0.2, 0) is 6.18 Å². The molecule has 0 unspecified atom stereocenters. The van der Waals surface area contributed by atoms with Crippen molar-refractivity contribution in [2.75, 3.05) is 0 Å². The number of benzene rings is 1. The van der Waals surface area contributed by atoms with E-state index in [9.17, 15) is 13.2 Å². The number of rotatable bonds is 2. The molecule has 7 heteroatoms. The fraction of sp³-hybridized carbons (Fsp3) is 0.0909. The van der Waals surface area contributed by atoms with Gasteiger partial charge in [0.2, 0.25) is 0 Å². The van der Waals surface area contributed by atoms with E-state index in [0.29, 0.717) is 0 Å². The second-order valence-corrected chi connectivity index (χ2v) is 3.61. The standard InChI is InChI=1S/C11H6ClF3N2O/c12-9-10(17-6-5-16-9)18-8-4-2-1-3-7(8)11(13,14)15/h1-6H. The second-order valence-electron chi connectivity index (χ2n) is 3.25. The van der Waals surface area contributed by atoms with Gasteiger partial charge in [0.05, 0.1) is 5.56 Å². The van der Waals surface area contributed by atoms with E-state index in [0.717, 1.165) is 6.07 Å². The first-order chi connectivity index (χ1) is 8.48. The molecule has 2 aromatic rings. The summed E-state index contributed by atoms with van der Waals surface area (Å²) in [5, 5.41) is -0.102. The van der Waals surface area contributed by atoms with Crippen LogP contribution < -0.4 is 4.74 Å². The molecule has 0 bridgehead atoms. The maximum Gasteiger partial charge on any atom is 0.419 e. The van der Waals surface area contributed by atoms with Gasteiger partial charge in [-0.1, -0.05) is 23.7 Å². The Labute approximate surface area is 105 Å². The third kappa shape index (κ3) is 2.70. The molecule has 0 atom stereocenters. The van der Waals surface area contributed by atoms with Crippen LogP contribution in [0.2, 0.25) is 5.15 Å². The van der Waals surface area contributed by atoms with Crippen LogP contribution in [0.3, 0.4) is 0 Å². The monoisotopic (exact) mass is 274 g/mol. The Bertz CT molecular complexity index is 560. The molecule has 0 aliphatic carbocycles. The second kappa shape index (κ2) is 4.81. The first-order valence-electron chi connectivity index (χ1n) is 4.79. The first kappa shape index (κ1) is 12.6. The van der Waals surface area contributed by atoms with E-state index >= 15 is 0 Å². The van der Waals surface area contributed by atoms with Crippen molar-refractivity contribution in [2.24, 2.45) is 0 Å². The predicted molar refractivity (Wildman–Crippen MR) is 58.6 cm³/mol. The van der Waals surface area contributed by atoms with Crippen LogP contribution >= 0.6 is 11.6 Å². The molecule has 94 valence electrons. The number of para-hydroxylation sites is 1. The fourth-order valence-corrected chi connectivity index (χ4v) is 1.41. The third-order valence-corrected chi connectivity index (χ3v) is 2.28. The van der Waals surface area contributed by atoms with Crippen LogP contribution in [0.1, 0.15) is 5.56 Å². The zero-order valence-corrected chi connectivity index (χ0v) is 9.53. The van der Waals surface area contributed by atoms with Crippen LogP contribution in [0.4, 0.5) is 13.2 Å². The number of ether oxygens (including phenoxy) is 1. The van der Waals surface area contributed by atoms with E-state index in [2.05, 4.69) is 9.97 Å². The van der Waals surface area contributed by atoms with Crippen LogP contribution in [0, 0.1) is 0 Å². The van der Waals surface area contributed by atoms with Gasteiger partial charge in [-0.15, -0.1) is 0 Å². The van der Waals surface area contributed by atoms with Crippen molar-refractivity contribution in [3.05, 3.63) is 47.4 Å². The summed E-state index contributed by atoms with van der Waals surface area (Å²) in [7, 11) is 0. The fourth-order valence-electron chi connectivity index (χ4n) is 1.27. The number of halogens is 4. The Morgan fingerprint density at radius 3 is 2.39 bits per heavy atom. The molecule has 0 amide bonds. The van der Waals surface area contributed by atoms with Crippen molar-refractivity contribution in [3.63, 3.8) is 0 Å². The lowest BCUT2D eigenvalue weighted by Crippen LogP contribution is -2.07. The lowest BCUT2D eigenvalue weighted by Gasteiger charge is -2.12. The molecule has 3 nitrogen and oxygen atoms in total. The Hall–Kier alpha value is -1.82. The predicted octanol–water partition coefficient (Wildman–Crippen LogP) is 3.94. The molecule has 0 spiro atoms. The number of nitrogens with zero attached hydrogens (tertiary/aromatic N) is 2. The van der Waals surface area contributed by atoms with E-state index in [1.165, 1.54) is 30.6 Å². The lowest BCUT2D eigenvalue weighted by molar-refractivity contribution is -0.138. The normalized spacial score (nSPS) is 11.3. The Morgan fingerprint density at radius 2 is 1.72 bits per heavy atom. The molecule has 18 heavy (non-hydrogen) atoms. The molecular formula is C11H6ClF3N2O. The molecule has 1 aromatic carbocycles. The molecule has 1 aromatic heterocycles. The van der Waals surface area contributed by atoms with Crippen molar-refractivity contribution >= 4 is 11.6 Å². The average Bonchev–Trinajstić information content (AvgIpc) is 2.31. The molecule has 0 saturated heterocycles. The molecule has 0 aliphatic heterocycles. The number of hydrogen-bond acceptors (Lipinski definition) is 3. The van der Waals surface area contributed by atoms with Gasteiger partial charge in [-0.2, -0.15) is 13.2 Å². The molecule has 2 rings (SSSR count). The highest BCUT2D eigenvalue weighted by molar-refractivity contribution is 6.30. The van der Waals surface area contributed by atoms with Gasteiger partial charge in [0.25, 0.3) is 5.88 Å². The molecule has 0 aliphatic rings. The Kier molecular flexibility index (Phi) is 3.38. The summed E-state index contributed by atoms with van der Waals surface area (Å²) in [6.07, 6.45) is -1.92. The topological polar surface area (TPSA) is 35.0 Å². The van der Waals surface area contributed by atoms with Crippen LogP contribution in [-0.4, -0.2) is 9.97 Å². The molecule has 0 radical (unpaired) electrons. The summed E-state index contributed by atoms with van der Waals surface area (Å²) < 4.78 is 43.1.